The number of rotatable bonds is 3. The SMILES string of the molecule is O=C1NC(=O)c2cc(S(=O)(=O)NC3CCCc4occc43)ccc21. The molecular weight excluding hydrogens is 332 g/mol. The van der Waals surface area contributed by atoms with Crippen molar-refractivity contribution in [3.05, 3.63) is 53.0 Å². The number of hydrogen-bond donors (Lipinski definition) is 2. The summed E-state index contributed by atoms with van der Waals surface area (Å²) in [4.78, 5) is 23.2. The zero-order valence-electron chi connectivity index (χ0n) is 12.5. The molecule has 0 saturated carbocycles. The summed E-state index contributed by atoms with van der Waals surface area (Å²) in [6.07, 6.45) is 3.86. The Bertz CT molecular complexity index is 961. The van der Waals surface area contributed by atoms with Gasteiger partial charge in [-0.2, -0.15) is 0 Å². The van der Waals surface area contributed by atoms with Gasteiger partial charge in [-0.3, -0.25) is 14.9 Å². The van der Waals surface area contributed by atoms with Gasteiger partial charge in [0, 0.05) is 12.0 Å². The lowest BCUT2D eigenvalue weighted by Gasteiger charge is -2.22. The van der Waals surface area contributed by atoms with E-state index in [1.807, 2.05) is 0 Å². The topological polar surface area (TPSA) is 105 Å². The van der Waals surface area contributed by atoms with Crippen LogP contribution < -0.4 is 10.0 Å². The number of carbonyl (C=O) groups is 2. The second-order valence-electron chi connectivity index (χ2n) is 5.86. The van der Waals surface area contributed by atoms with E-state index in [0.29, 0.717) is 6.42 Å². The molecule has 1 aliphatic heterocycles. The van der Waals surface area contributed by atoms with E-state index in [1.54, 1.807) is 12.3 Å². The molecule has 1 aromatic heterocycles. The molecule has 4 rings (SSSR count). The monoisotopic (exact) mass is 346 g/mol. The number of furan rings is 1. The van der Waals surface area contributed by atoms with Gasteiger partial charge in [-0.05, 0) is 37.1 Å². The summed E-state index contributed by atoms with van der Waals surface area (Å²) in [7, 11) is -3.83. The summed E-state index contributed by atoms with van der Waals surface area (Å²) >= 11 is 0. The summed E-state index contributed by atoms with van der Waals surface area (Å²) in [5, 5.41) is 2.15. The quantitative estimate of drug-likeness (QED) is 0.820. The number of hydrogen-bond acceptors (Lipinski definition) is 5. The molecule has 1 atom stereocenters. The maximum Gasteiger partial charge on any atom is 0.258 e. The van der Waals surface area contributed by atoms with Gasteiger partial charge in [-0.1, -0.05) is 0 Å². The highest BCUT2D eigenvalue weighted by molar-refractivity contribution is 7.89. The smallest absolute Gasteiger partial charge is 0.258 e. The van der Waals surface area contributed by atoms with Crippen LogP contribution in [0.3, 0.4) is 0 Å². The third-order valence-corrected chi connectivity index (χ3v) is 5.84. The minimum Gasteiger partial charge on any atom is -0.469 e. The first-order valence-corrected chi connectivity index (χ1v) is 9.02. The molecule has 1 aromatic carbocycles. The number of benzene rings is 1. The van der Waals surface area contributed by atoms with E-state index in [0.717, 1.165) is 24.2 Å². The Morgan fingerprint density at radius 3 is 2.75 bits per heavy atom. The van der Waals surface area contributed by atoms with Gasteiger partial charge >= 0.3 is 0 Å². The summed E-state index contributed by atoms with van der Waals surface area (Å²) in [6, 6.07) is 5.33. The van der Waals surface area contributed by atoms with Gasteiger partial charge in [0.05, 0.1) is 28.3 Å². The van der Waals surface area contributed by atoms with Crippen LogP contribution in [0.1, 0.15) is 50.9 Å². The Kier molecular flexibility index (Phi) is 3.33. The average Bonchev–Trinajstić information content (AvgIpc) is 3.13. The highest BCUT2D eigenvalue weighted by Gasteiger charge is 2.31. The van der Waals surface area contributed by atoms with Gasteiger partial charge < -0.3 is 4.42 Å². The molecule has 24 heavy (non-hydrogen) atoms. The molecule has 0 fully saturated rings. The Hall–Kier alpha value is -2.45. The van der Waals surface area contributed by atoms with Crippen molar-refractivity contribution in [2.45, 2.75) is 30.2 Å². The van der Waals surface area contributed by atoms with E-state index in [9.17, 15) is 18.0 Å². The second-order valence-corrected chi connectivity index (χ2v) is 7.57. The van der Waals surface area contributed by atoms with E-state index in [1.165, 1.54) is 18.2 Å². The molecule has 2 aromatic rings. The normalized spacial score (nSPS) is 19.8. The second kappa shape index (κ2) is 5.29. The van der Waals surface area contributed by atoms with Gasteiger partial charge in [0.15, 0.2) is 0 Å². The lowest BCUT2D eigenvalue weighted by molar-refractivity contribution is 0.0879. The molecule has 2 aliphatic rings. The molecule has 8 heteroatoms. The Morgan fingerprint density at radius 2 is 1.92 bits per heavy atom. The van der Waals surface area contributed by atoms with Gasteiger partial charge in [-0.15, -0.1) is 0 Å². The molecule has 0 spiro atoms. The number of nitrogens with one attached hydrogen (secondary N) is 2. The van der Waals surface area contributed by atoms with Crippen molar-refractivity contribution in [1.29, 1.82) is 0 Å². The van der Waals surface area contributed by atoms with Crippen molar-refractivity contribution in [1.82, 2.24) is 10.0 Å². The fourth-order valence-electron chi connectivity index (χ4n) is 3.18. The zero-order chi connectivity index (χ0) is 16.9. The van der Waals surface area contributed by atoms with Crippen LogP contribution in [-0.2, 0) is 16.4 Å². The first-order chi connectivity index (χ1) is 11.5. The zero-order valence-corrected chi connectivity index (χ0v) is 13.4. The number of amides is 2. The third-order valence-electron chi connectivity index (χ3n) is 4.37. The van der Waals surface area contributed by atoms with Crippen molar-refractivity contribution >= 4 is 21.8 Å². The highest BCUT2D eigenvalue weighted by Crippen LogP contribution is 2.32. The minimum absolute atomic E-state index is 0.0401. The van der Waals surface area contributed by atoms with E-state index >= 15 is 0 Å². The van der Waals surface area contributed by atoms with E-state index in [4.69, 9.17) is 4.42 Å². The van der Waals surface area contributed by atoms with Crippen LogP contribution in [0.2, 0.25) is 0 Å². The van der Waals surface area contributed by atoms with Gasteiger partial charge in [-0.25, -0.2) is 13.1 Å². The fourth-order valence-corrected chi connectivity index (χ4v) is 4.45. The molecule has 124 valence electrons. The van der Waals surface area contributed by atoms with Crippen LogP contribution in [0.15, 0.2) is 39.8 Å². The number of aryl methyl sites for hydroxylation is 1. The average molecular weight is 346 g/mol. The molecule has 0 radical (unpaired) electrons. The van der Waals surface area contributed by atoms with E-state index < -0.39 is 21.8 Å². The first-order valence-electron chi connectivity index (χ1n) is 7.54. The minimum atomic E-state index is -3.83. The molecule has 1 aliphatic carbocycles. The van der Waals surface area contributed by atoms with Crippen molar-refractivity contribution in [2.75, 3.05) is 0 Å². The molecular formula is C16H14N2O5S. The fraction of sp³-hybridized carbons (Fsp3) is 0.250. The summed E-state index contributed by atoms with van der Waals surface area (Å²) in [6.45, 7) is 0. The predicted octanol–water partition coefficient (Wildman–Crippen LogP) is 1.52. The standard InChI is InChI=1S/C16H14N2O5S/c19-15-10-5-4-9(8-12(10)16(20)17-15)24(21,22)18-13-2-1-3-14-11(13)6-7-23-14/h4-8,13,18H,1-3H2,(H,17,19,20). The summed E-state index contributed by atoms with van der Waals surface area (Å²) in [5.74, 6) is -0.294. The van der Waals surface area contributed by atoms with Crippen molar-refractivity contribution in [2.24, 2.45) is 0 Å². The lowest BCUT2D eigenvalue weighted by Crippen LogP contribution is -2.30. The molecule has 7 nitrogen and oxygen atoms in total. The summed E-state index contributed by atoms with van der Waals surface area (Å²) in [5.41, 5.74) is 1.11. The Labute approximate surface area is 138 Å². The molecule has 0 bridgehead atoms. The van der Waals surface area contributed by atoms with Crippen molar-refractivity contribution in [3.8, 4) is 0 Å². The largest absolute Gasteiger partial charge is 0.469 e. The number of sulfonamides is 1. The third kappa shape index (κ3) is 2.35. The predicted molar refractivity (Wildman–Crippen MR) is 82.9 cm³/mol. The molecule has 2 heterocycles. The summed E-state index contributed by atoms with van der Waals surface area (Å²) < 4.78 is 33.4. The molecule has 2 amide bonds. The number of fused-ring (bicyclic) bond motifs is 2. The molecule has 2 N–H and O–H groups in total. The van der Waals surface area contributed by atoms with E-state index in [2.05, 4.69) is 10.0 Å². The van der Waals surface area contributed by atoms with Crippen LogP contribution in [0.4, 0.5) is 0 Å². The van der Waals surface area contributed by atoms with Crippen LogP contribution in [0, 0.1) is 0 Å². The van der Waals surface area contributed by atoms with Gasteiger partial charge in [0.25, 0.3) is 11.8 Å². The highest BCUT2D eigenvalue weighted by atomic mass is 32.2. The van der Waals surface area contributed by atoms with Crippen LogP contribution >= 0.6 is 0 Å². The van der Waals surface area contributed by atoms with E-state index in [-0.39, 0.29) is 22.1 Å². The first kappa shape index (κ1) is 15.1. The Morgan fingerprint density at radius 1 is 1.12 bits per heavy atom. The van der Waals surface area contributed by atoms with Crippen LogP contribution in [0.5, 0.6) is 0 Å². The van der Waals surface area contributed by atoms with Gasteiger partial charge in [0.2, 0.25) is 10.0 Å². The number of carbonyl (C=O) groups excluding carboxylic acids is 2. The number of imide groups is 1. The van der Waals surface area contributed by atoms with Crippen molar-refractivity contribution < 1.29 is 22.4 Å². The van der Waals surface area contributed by atoms with Crippen LogP contribution in [-0.4, -0.2) is 20.2 Å². The van der Waals surface area contributed by atoms with Crippen LogP contribution in [0.25, 0.3) is 0 Å². The maximum atomic E-state index is 12.7. The van der Waals surface area contributed by atoms with Crippen molar-refractivity contribution in [3.63, 3.8) is 0 Å². The lowest BCUT2D eigenvalue weighted by atomic mass is 9.94. The molecule has 0 saturated heterocycles. The Balaban J connectivity index is 1.67. The van der Waals surface area contributed by atoms with Gasteiger partial charge in [0.1, 0.15) is 5.76 Å². The maximum absolute atomic E-state index is 12.7. The molecule has 1 unspecified atom stereocenters.